The molecule has 3 unspecified atom stereocenters. The normalized spacial score (nSPS) is 25.3. The molecule has 20 heavy (non-hydrogen) atoms. The Morgan fingerprint density at radius 3 is 2.85 bits per heavy atom. The Hall–Kier alpha value is -0.840. The van der Waals surface area contributed by atoms with Crippen molar-refractivity contribution in [1.82, 2.24) is 5.32 Å². The minimum atomic E-state index is -0.432. The molecule has 3 atom stereocenters. The molecule has 0 amide bonds. The molecule has 0 aromatic heterocycles. The molecule has 1 aliphatic rings. The van der Waals surface area contributed by atoms with Crippen molar-refractivity contribution in [3.05, 3.63) is 29.0 Å². The van der Waals surface area contributed by atoms with Gasteiger partial charge in [0.15, 0.2) is 11.6 Å². The Kier molecular flexibility index (Phi) is 5.64. The summed E-state index contributed by atoms with van der Waals surface area (Å²) < 4.78 is 25.3. The van der Waals surface area contributed by atoms with Gasteiger partial charge in [-0.15, -0.1) is 0 Å². The van der Waals surface area contributed by atoms with E-state index in [1.165, 1.54) is 6.07 Å². The Morgan fingerprint density at radius 2 is 2.20 bits per heavy atom. The largest absolute Gasteiger partial charge is 0.483 e. The first kappa shape index (κ1) is 15.5. The van der Waals surface area contributed by atoms with E-state index in [1.807, 2.05) is 0 Å². The molecule has 5 heteroatoms. The van der Waals surface area contributed by atoms with Gasteiger partial charge in [-0.3, -0.25) is 0 Å². The molecule has 1 aliphatic carbocycles. The summed E-state index contributed by atoms with van der Waals surface area (Å²) >= 11 is 5.98. The van der Waals surface area contributed by atoms with Gasteiger partial charge in [0.2, 0.25) is 0 Å². The summed E-state index contributed by atoms with van der Waals surface area (Å²) in [6.45, 7) is 5.67. The lowest BCUT2D eigenvalue weighted by atomic mass is 9.85. The van der Waals surface area contributed by atoms with Gasteiger partial charge in [0.25, 0.3) is 0 Å². The summed E-state index contributed by atoms with van der Waals surface area (Å²) in [6, 6.07) is 4.81. The van der Waals surface area contributed by atoms with Crippen molar-refractivity contribution >= 4 is 11.6 Å². The molecule has 0 bridgehead atoms. The van der Waals surface area contributed by atoms with Crippen molar-refractivity contribution in [3.63, 3.8) is 0 Å². The van der Waals surface area contributed by atoms with Crippen molar-refractivity contribution in [3.8, 4) is 5.75 Å². The highest BCUT2D eigenvalue weighted by Crippen LogP contribution is 2.34. The second-order valence-corrected chi connectivity index (χ2v) is 5.35. The molecule has 1 N–H and O–H groups in total. The van der Waals surface area contributed by atoms with Crippen molar-refractivity contribution in [1.29, 1.82) is 0 Å². The van der Waals surface area contributed by atoms with Crippen molar-refractivity contribution in [2.45, 2.75) is 44.9 Å². The third-order valence-electron chi connectivity index (χ3n) is 3.42. The van der Waals surface area contributed by atoms with Crippen LogP contribution < -0.4 is 10.1 Å². The SMILES string of the molecule is CCCOC1C(NCC)CC1Oc1c(F)cccc1Cl. The molecule has 1 saturated carbocycles. The molecule has 112 valence electrons. The Balaban J connectivity index is 2.01. The molecule has 0 aliphatic heterocycles. The van der Waals surface area contributed by atoms with E-state index in [2.05, 4.69) is 19.2 Å². The van der Waals surface area contributed by atoms with Crippen LogP contribution in [0.3, 0.4) is 0 Å². The fourth-order valence-electron chi connectivity index (χ4n) is 2.38. The second-order valence-electron chi connectivity index (χ2n) is 4.94. The van der Waals surface area contributed by atoms with Gasteiger partial charge >= 0.3 is 0 Å². The number of benzene rings is 1. The van der Waals surface area contributed by atoms with Crippen LogP contribution in [-0.4, -0.2) is 31.4 Å². The van der Waals surface area contributed by atoms with Crippen LogP contribution >= 0.6 is 11.6 Å². The van der Waals surface area contributed by atoms with Gasteiger partial charge in [0.05, 0.1) is 5.02 Å². The number of ether oxygens (including phenoxy) is 2. The monoisotopic (exact) mass is 301 g/mol. The quantitative estimate of drug-likeness (QED) is 0.837. The number of hydrogen-bond acceptors (Lipinski definition) is 3. The zero-order valence-corrected chi connectivity index (χ0v) is 12.6. The first-order chi connectivity index (χ1) is 9.67. The summed E-state index contributed by atoms with van der Waals surface area (Å²) in [6.07, 6.45) is 1.54. The highest BCUT2D eigenvalue weighted by Gasteiger charge is 2.43. The summed E-state index contributed by atoms with van der Waals surface area (Å²) in [5.74, 6) is -0.308. The van der Waals surface area contributed by atoms with E-state index < -0.39 is 5.82 Å². The molecule has 1 aromatic rings. The van der Waals surface area contributed by atoms with E-state index in [0.29, 0.717) is 11.6 Å². The van der Waals surface area contributed by atoms with Crippen molar-refractivity contribution in [2.24, 2.45) is 0 Å². The zero-order chi connectivity index (χ0) is 14.5. The summed E-state index contributed by atoms with van der Waals surface area (Å²) in [5.41, 5.74) is 0. The fourth-order valence-corrected chi connectivity index (χ4v) is 2.59. The predicted octanol–water partition coefficient (Wildman–Crippen LogP) is 3.40. The fraction of sp³-hybridized carbons (Fsp3) is 0.600. The lowest BCUT2D eigenvalue weighted by Gasteiger charge is -2.44. The second kappa shape index (κ2) is 7.25. The van der Waals surface area contributed by atoms with E-state index in [0.717, 1.165) is 19.4 Å². The van der Waals surface area contributed by atoms with Gasteiger partial charge in [0.1, 0.15) is 12.2 Å². The van der Waals surface area contributed by atoms with Gasteiger partial charge in [-0.25, -0.2) is 4.39 Å². The summed E-state index contributed by atoms with van der Waals surface area (Å²) in [4.78, 5) is 0. The third-order valence-corrected chi connectivity index (χ3v) is 3.72. The first-order valence-electron chi connectivity index (χ1n) is 7.13. The minimum Gasteiger partial charge on any atom is -0.483 e. The molecule has 0 radical (unpaired) electrons. The van der Waals surface area contributed by atoms with Crippen LogP contribution in [0.15, 0.2) is 18.2 Å². The maximum Gasteiger partial charge on any atom is 0.174 e. The molecule has 1 fully saturated rings. The predicted molar refractivity (Wildman–Crippen MR) is 77.9 cm³/mol. The standard InChI is InChI=1S/C15H21ClFNO2/c1-3-8-19-15-12(18-4-2)9-13(15)20-14-10(16)6-5-7-11(14)17/h5-7,12-13,15,18H,3-4,8-9H2,1-2H3. The first-order valence-corrected chi connectivity index (χ1v) is 7.50. The topological polar surface area (TPSA) is 30.5 Å². The molecule has 0 spiro atoms. The minimum absolute atomic E-state index is 0.0504. The van der Waals surface area contributed by atoms with Crippen LogP contribution in [-0.2, 0) is 4.74 Å². The van der Waals surface area contributed by atoms with Gasteiger partial charge in [-0.2, -0.15) is 0 Å². The third kappa shape index (κ3) is 3.43. The van der Waals surface area contributed by atoms with E-state index in [-0.39, 0.29) is 24.0 Å². The van der Waals surface area contributed by atoms with Crippen molar-refractivity contribution in [2.75, 3.05) is 13.2 Å². The molecule has 3 nitrogen and oxygen atoms in total. The number of rotatable bonds is 7. The summed E-state index contributed by atoms with van der Waals surface area (Å²) in [7, 11) is 0. The Morgan fingerprint density at radius 1 is 1.40 bits per heavy atom. The van der Waals surface area contributed by atoms with E-state index >= 15 is 0 Å². The number of hydrogen-bond donors (Lipinski definition) is 1. The Labute approximate surface area is 124 Å². The Bertz CT molecular complexity index is 424. The highest BCUT2D eigenvalue weighted by molar-refractivity contribution is 6.32. The lowest BCUT2D eigenvalue weighted by Crippen LogP contribution is -2.61. The zero-order valence-electron chi connectivity index (χ0n) is 11.9. The van der Waals surface area contributed by atoms with Crippen LogP contribution in [0, 0.1) is 5.82 Å². The van der Waals surface area contributed by atoms with Gasteiger partial charge in [-0.05, 0) is 25.1 Å². The maximum atomic E-state index is 13.7. The van der Waals surface area contributed by atoms with Crippen LogP contribution in [0.2, 0.25) is 5.02 Å². The average Bonchev–Trinajstić information content (AvgIpc) is 2.41. The molecule has 2 rings (SSSR count). The van der Waals surface area contributed by atoms with Crippen LogP contribution in [0.4, 0.5) is 4.39 Å². The molecular weight excluding hydrogens is 281 g/mol. The van der Waals surface area contributed by atoms with Crippen LogP contribution in [0.1, 0.15) is 26.7 Å². The van der Waals surface area contributed by atoms with Crippen molar-refractivity contribution < 1.29 is 13.9 Å². The van der Waals surface area contributed by atoms with Gasteiger partial charge in [-0.1, -0.05) is 31.5 Å². The average molecular weight is 302 g/mol. The lowest BCUT2D eigenvalue weighted by molar-refractivity contribution is -0.108. The number of likely N-dealkylation sites (N-methyl/N-ethyl adjacent to an activating group) is 1. The van der Waals surface area contributed by atoms with E-state index in [9.17, 15) is 4.39 Å². The number of para-hydroxylation sites is 1. The highest BCUT2D eigenvalue weighted by atomic mass is 35.5. The molecule has 1 aromatic carbocycles. The van der Waals surface area contributed by atoms with E-state index in [1.54, 1.807) is 12.1 Å². The molecule has 0 saturated heterocycles. The summed E-state index contributed by atoms with van der Waals surface area (Å²) in [5, 5.41) is 3.65. The van der Waals surface area contributed by atoms with Crippen LogP contribution in [0.25, 0.3) is 0 Å². The molecule has 0 heterocycles. The smallest absolute Gasteiger partial charge is 0.174 e. The van der Waals surface area contributed by atoms with Crippen LogP contribution in [0.5, 0.6) is 5.75 Å². The van der Waals surface area contributed by atoms with Gasteiger partial charge < -0.3 is 14.8 Å². The number of nitrogens with one attached hydrogen (secondary N) is 1. The van der Waals surface area contributed by atoms with Gasteiger partial charge in [0, 0.05) is 19.1 Å². The number of halogens is 2. The maximum absolute atomic E-state index is 13.7. The van der Waals surface area contributed by atoms with E-state index in [4.69, 9.17) is 21.1 Å². The molecular formula is C15H21ClFNO2.